The lowest BCUT2D eigenvalue weighted by atomic mass is 9.98. The molecular weight excluding hydrogens is 316 g/mol. The highest BCUT2D eigenvalue weighted by Gasteiger charge is 2.29. The molecule has 23 heavy (non-hydrogen) atoms. The summed E-state index contributed by atoms with van der Waals surface area (Å²) in [7, 11) is 0. The maximum atomic E-state index is 12.5. The number of aromatic nitrogens is 1. The molecule has 122 valence electrons. The number of carbonyl (C=O) groups excluding carboxylic acids is 1. The van der Waals surface area contributed by atoms with Crippen LogP contribution in [-0.4, -0.2) is 40.0 Å². The van der Waals surface area contributed by atoms with Gasteiger partial charge in [0.25, 0.3) is 5.91 Å². The summed E-state index contributed by atoms with van der Waals surface area (Å²) in [6, 6.07) is 2.73. The molecule has 1 N–H and O–H groups in total. The summed E-state index contributed by atoms with van der Waals surface area (Å²) in [5, 5.41) is 9.96. The highest BCUT2D eigenvalue weighted by Crippen LogP contribution is 2.31. The number of carboxylic acid groups (broad SMARTS) is 1. The van der Waals surface area contributed by atoms with E-state index < -0.39 is 5.97 Å². The zero-order valence-electron chi connectivity index (χ0n) is 13.0. The van der Waals surface area contributed by atoms with E-state index in [4.69, 9.17) is 9.52 Å². The Morgan fingerprint density at radius 1 is 1.35 bits per heavy atom. The minimum Gasteiger partial charge on any atom is -0.475 e. The van der Waals surface area contributed by atoms with Crippen molar-refractivity contribution in [3.8, 4) is 0 Å². The lowest BCUT2D eigenvalue weighted by Crippen LogP contribution is -2.39. The number of hydrogen-bond acceptors (Lipinski definition) is 5. The summed E-state index contributed by atoms with van der Waals surface area (Å²) in [6.45, 7) is 5.30. The number of carbonyl (C=O) groups is 2. The van der Waals surface area contributed by atoms with Crippen LogP contribution in [-0.2, 0) is 0 Å². The van der Waals surface area contributed by atoms with Crippen molar-refractivity contribution < 1.29 is 19.1 Å². The molecule has 0 bridgehead atoms. The summed E-state index contributed by atoms with van der Waals surface area (Å²) < 4.78 is 5.12. The quantitative estimate of drug-likeness (QED) is 0.932. The van der Waals surface area contributed by atoms with Crippen molar-refractivity contribution in [2.75, 3.05) is 13.1 Å². The molecule has 2 aromatic rings. The maximum Gasteiger partial charge on any atom is 0.371 e. The number of furan rings is 1. The lowest BCUT2D eigenvalue weighted by molar-refractivity contribution is 0.0636. The van der Waals surface area contributed by atoms with E-state index in [1.807, 2.05) is 6.92 Å². The van der Waals surface area contributed by atoms with E-state index in [9.17, 15) is 9.59 Å². The third-order valence-electron chi connectivity index (χ3n) is 4.13. The fourth-order valence-corrected chi connectivity index (χ4v) is 3.81. The summed E-state index contributed by atoms with van der Waals surface area (Å²) >= 11 is 1.69. The monoisotopic (exact) mass is 334 g/mol. The zero-order chi connectivity index (χ0) is 16.6. The average Bonchev–Trinajstić information content (AvgIpc) is 3.15. The highest BCUT2D eigenvalue weighted by atomic mass is 32.1. The van der Waals surface area contributed by atoms with Crippen molar-refractivity contribution in [3.05, 3.63) is 39.2 Å². The molecule has 3 heterocycles. The predicted molar refractivity (Wildman–Crippen MR) is 85.1 cm³/mol. The first-order chi connectivity index (χ1) is 11.0. The molecule has 7 heteroatoms. The smallest absolute Gasteiger partial charge is 0.371 e. The Labute approximate surface area is 137 Å². The van der Waals surface area contributed by atoms with Gasteiger partial charge in [-0.15, -0.1) is 11.3 Å². The molecule has 1 fully saturated rings. The molecule has 1 saturated heterocycles. The second-order valence-electron chi connectivity index (χ2n) is 5.75. The second kappa shape index (κ2) is 6.16. The van der Waals surface area contributed by atoms with Crippen LogP contribution in [0.2, 0.25) is 0 Å². The van der Waals surface area contributed by atoms with Crippen LogP contribution in [0.15, 0.2) is 16.5 Å². The number of rotatable bonds is 3. The van der Waals surface area contributed by atoms with Gasteiger partial charge in [-0.25, -0.2) is 9.78 Å². The molecule has 0 aliphatic carbocycles. The van der Waals surface area contributed by atoms with Gasteiger partial charge in [-0.3, -0.25) is 4.79 Å². The molecule has 1 aliphatic rings. The Hall–Kier alpha value is -2.15. The molecule has 1 aliphatic heterocycles. The van der Waals surface area contributed by atoms with Crippen LogP contribution in [0.25, 0.3) is 0 Å². The number of piperidine rings is 1. The molecule has 0 spiro atoms. The van der Waals surface area contributed by atoms with Crippen LogP contribution in [0.5, 0.6) is 0 Å². The molecule has 0 saturated carbocycles. The summed E-state index contributed by atoms with van der Waals surface area (Å²) in [5.41, 5.74) is 1.05. The van der Waals surface area contributed by atoms with Crippen LogP contribution in [0.1, 0.15) is 55.4 Å². The molecule has 1 atom stereocenters. The van der Waals surface area contributed by atoms with E-state index in [1.165, 1.54) is 17.0 Å². The minimum atomic E-state index is -1.17. The first-order valence-corrected chi connectivity index (χ1v) is 8.33. The van der Waals surface area contributed by atoms with E-state index in [1.54, 1.807) is 16.2 Å². The number of carboxylic acids is 1. The Bertz CT molecular complexity index is 730. The predicted octanol–water partition coefficient (Wildman–Crippen LogP) is 3.07. The number of thiazole rings is 1. The molecule has 1 amide bonds. The fourth-order valence-electron chi connectivity index (χ4n) is 2.76. The first kappa shape index (κ1) is 15.7. The molecule has 0 radical (unpaired) electrons. The van der Waals surface area contributed by atoms with Gasteiger partial charge in [0.2, 0.25) is 5.76 Å². The Kier molecular flexibility index (Phi) is 4.21. The van der Waals surface area contributed by atoms with Crippen LogP contribution < -0.4 is 0 Å². The van der Waals surface area contributed by atoms with E-state index >= 15 is 0 Å². The SMILES string of the molecule is Cc1nc(C2CCCN(C(=O)c3ccc(C(=O)O)o3)C2)sc1C. The molecule has 2 aromatic heterocycles. The molecule has 3 rings (SSSR count). The van der Waals surface area contributed by atoms with Gasteiger partial charge in [0.1, 0.15) is 0 Å². The van der Waals surface area contributed by atoms with Crippen molar-refractivity contribution in [1.82, 2.24) is 9.88 Å². The molecule has 1 unspecified atom stereocenters. The van der Waals surface area contributed by atoms with Gasteiger partial charge in [0.05, 0.1) is 10.7 Å². The van der Waals surface area contributed by atoms with Crippen LogP contribution in [0, 0.1) is 13.8 Å². The Morgan fingerprint density at radius 3 is 2.70 bits per heavy atom. The Morgan fingerprint density at radius 2 is 2.09 bits per heavy atom. The standard InChI is InChI=1S/C16H18N2O4S/c1-9-10(2)23-14(17-9)11-4-3-7-18(8-11)15(19)12-5-6-13(22-12)16(20)21/h5-6,11H,3-4,7-8H2,1-2H3,(H,20,21). The van der Waals surface area contributed by atoms with Crippen LogP contribution >= 0.6 is 11.3 Å². The fraction of sp³-hybridized carbons (Fsp3) is 0.438. The number of nitrogens with zero attached hydrogens (tertiary/aromatic N) is 2. The van der Waals surface area contributed by atoms with Gasteiger partial charge in [-0.05, 0) is 38.8 Å². The van der Waals surface area contributed by atoms with Crippen molar-refractivity contribution in [2.24, 2.45) is 0 Å². The van der Waals surface area contributed by atoms with Gasteiger partial charge in [-0.1, -0.05) is 0 Å². The summed E-state index contributed by atoms with van der Waals surface area (Å²) in [4.78, 5) is 30.9. The number of amides is 1. The number of likely N-dealkylation sites (tertiary alicyclic amines) is 1. The third-order valence-corrected chi connectivity index (χ3v) is 5.37. The topological polar surface area (TPSA) is 83.6 Å². The summed E-state index contributed by atoms with van der Waals surface area (Å²) in [6.07, 6.45) is 1.91. The van der Waals surface area contributed by atoms with Gasteiger partial charge >= 0.3 is 5.97 Å². The minimum absolute atomic E-state index is 0.0783. The van der Waals surface area contributed by atoms with Gasteiger partial charge in [0, 0.05) is 23.9 Å². The van der Waals surface area contributed by atoms with Gasteiger partial charge < -0.3 is 14.4 Å². The summed E-state index contributed by atoms with van der Waals surface area (Å²) in [5.74, 6) is -1.33. The van der Waals surface area contributed by atoms with Crippen LogP contribution in [0.4, 0.5) is 0 Å². The number of aromatic carboxylic acids is 1. The van der Waals surface area contributed by atoms with Crippen molar-refractivity contribution in [3.63, 3.8) is 0 Å². The average molecular weight is 334 g/mol. The molecular formula is C16H18N2O4S. The van der Waals surface area contributed by atoms with Crippen molar-refractivity contribution in [2.45, 2.75) is 32.6 Å². The zero-order valence-corrected chi connectivity index (χ0v) is 13.9. The van der Waals surface area contributed by atoms with Gasteiger partial charge in [0.15, 0.2) is 5.76 Å². The van der Waals surface area contributed by atoms with Crippen LogP contribution in [0.3, 0.4) is 0 Å². The Balaban J connectivity index is 1.74. The van der Waals surface area contributed by atoms with Crippen molar-refractivity contribution in [1.29, 1.82) is 0 Å². The normalized spacial score (nSPS) is 18.2. The maximum absolute atomic E-state index is 12.5. The van der Waals surface area contributed by atoms with E-state index in [-0.39, 0.29) is 23.3 Å². The molecule has 0 aromatic carbocycles. The first-order valence-electron chi connectivity index (χ1n) is 7.52. The van der Waals surface area contributed by atoms with Gasteiger partial charge in [-0.2, -0.15) is 0 Å². The van der Waals surface area contributed by atoms with E-state index in [0.29, 0.717) is 13.1 Å². The second-order valence-corrected chi connectivity index (χ2v) is 6.99. The lowest BCUT2D eigenvalue weighted by Gasteiger charge is -2.31. The largest absolute Gasteiger partial charge is 0.475 e. The number of hydrogen-bond donors (Lipinski definition) is 1. The highest BCUT2D eigenvalue weighted by molar-refractivity contribution is 7.11. The van der Waals surface area contributed by atoms with Crippen molar-refractivity contribution >= 4 is 23.2 Å². The van der Waals surface area contributed by atoms with E-state index in [2.05, 4.69) is 11.9 Å². The third kappa shape index (κ3) is 3.14. The van der Waals surface area contributed by atoms with E-state index in [0.717, 1.165) is 23.5 Å². The molecule has 6 nitrogen and oxygen atoms in total. The number of aryl methyl sites for hydroxylation is 2.